The Morgan fingerprint density at radius 3 is 2.45 bits per heavy atom. The number of amides is 1. The number of nitrogens with one attached hydrogen (secondary N) is 1. The average molecular weight is 357 g/mol. The number of sulfonamides is 1. The van der Waals surface area contributed by atoms with Gasteiger partial charge in [-0.25, -0.2) is 12.7 Å². The molecule has 5 nitrogen and oxygen atoms in total. The Labute approximate surface area is 130 Å². The number of nitrogens with zero attached hydrogens (tertiary/aromatic N) is 1. The van der Waals surface area contributed by atoms with Crippen LogP contribution in [0.1, 0.15) is 5.56 Å². The third-order valence-corrected chi connectivity index (χ3v) is 4.81. The van der Waals surface area contributed by atoms with E-state index in [4.69, 9.17) is 11.6 Å². The fraction of sp³-hybridized carbons (Fsp3) is 0.417. The summed E-state index contributed by atoms with van der Waals surface area (Å²) in [6.07, 6.45) is -3.53. The first-order chi connectivity index (χ1) is 9.98. The van der Waals surface area contributed by atoms with Crippen LogP contribution in [0.25, 0.3) is 0 Å². The molecule has 1 amide bonds. The fourth-order valence-corrected chi connectivity index (χ4v) is 2.97. The van der Waals surface area contributed by atoms with E-state index in [1.54, 1.807) is 0 Å². The SMILES string of the molecule is CS(=O)(=O)N1CC(C(=O)Nc2cc(C(F)(F)F)ccc2Cl)C1. The first-order valence-corrected chi connectivity index (χ1v) is 8.34. The first kappa shape index (κ1) is 17.0. The molecule has 0 saturated carbocycles. The Bertz CT molecular complexity index is 700. The molecule has 0 spiro atoms. The van der Waals surface area contributed by atoms with E-state index in [1.807, 2.05) is 0 Å². The summed E-state index contributed by atoms with van der Waals surface area (Å²) in [5.74, 6) is -1.18. The van der Waals surface area contributed by atoms with Gasteiger partial charge in [-0.3, -0.25) is 4.79 Å². The van der Waals surface area contributed by atoms with Crippen LogP contribution in [0.5, 0.6) is 0 Å². The minimum Gasteiger partial charge on any atom is -0.324 e. The summed E-state index contributed by atoms with van der Waals surface area (Å²) in [5.41, 5.74) is -1.09. The normalized spacial score (nSPS) is 17.1. The van der Waals surface area contributed by atoms with E-state index in [-0.39, 0.29) is 23.8 Å². The number of carbonyl (C=O) groups excluding carboxylic acids is 1. The van der Waals surface area contributed by atoms with Crippen LogP contribution < -0.4 is 5.32 Å². The molecule has 122 valence electrons. The van der Waals surface area contributed by atoms with Crippen LogP contribution in [0.15, 0.2) is 18.2 Å². The minimum atomic E-state index is -4.55. The first-order valence-electron chi connectivity index (χ1n) is 6.11. The van der Waals surface area contributed by atoms with Crippen LogP contribution in [-0.4, -0.2) is 38.0 Å². The van der Waals surface area contributed by atoms with Crippen LogP contribution in [0, 0.1) is 5.92 Å². The highest BCUT2D eigenvalue weighted by Crippen LogP contribution is 2.34. The zero-order valence-electron chi connectivity index (χ0n) is 11.3. The summed E-state index contributed by atoms with van der Waals surface area (Å²) >= 11 is 5.77. The highest BCUT2D eigenvalue weighted by molar-refractivity contribution is 7.88. The Morgan fingerprint density at radius 1 is 1.36 bits per heavy atom. The summed E-state index contributed by atoms with van der Waals surface area (Å²) in [7, 11) is -3.36. The highest BCUT2D eigenvalue weighted by Gasteiger charge is 2.38. The molecule has 1 aromatic rings. The van der Waals surface area contributed by atoms with Gasteiger partial charge in [-0.05, 0) is 18.2 Å². The van der Waals surface area contributed by atoms with E-state index in [9.17, 15) is 26.4 Å². The standard InChI is InChI=1S/C12H12ClF3N2O3S/c1-22(20,21)18-5-7(6-18)11(19)17-10-4-8(12(14,15)16)2-3-9(10)13/h2-4,7H,5-6H2,1H3,(H,17,19). The van der Waals surface area contributed by atoms with Gasteiger partial charge in [-0.2, -0.15) is 13.2 Å². The van der Waals surface area contributed by atoms with E-state index < -0.39 is 33.6 Å². The number of halogens is 4. The van der Waals surface area contributed by atoms with Crippen molar-refractivity contribution < 1.29 is 26.4 Å². The maximum absolute atomic E-state index is 12.6. The number of hydrogen-bond acceptors (Lipinski definition) is 3. The average Bonchev–Trinajstić information content (AvgIpc) is 2.26. The van der Waals surface area contributed by atoms with Crippen molar-refractivity contribution in [3.63, 3.8) is 0 Å². The second-order valence-corrected chi connectivity index (χ2v) is 7.35. The molecule has 0 unspecified atom stereocenters. The van der Waals surface area contributed by atoms with Crippen LogP contribution in [0.4, 0.5) is 18.9 Å². The van der Waals surface area contributed by atoms with Crippen molar-refractivity contribution >= 4 is 33.2 Å². The van der Waals surface area contributed by atoms with Gasteiger partial charge in [0.1, 0.15) is 0 Å². The molecule has 0 radical (unpaired) electrons. The van der Waals surface area contributed by atoms with Crippen LogP contribution in [0.2, 0.25) is 5.02 Å². The Hall–Kier alpha value is -1.32. The summed E-state index contributed by atoms with van der Waals surface area (Å²) in [4.78, 5) is 11.9. The lowest BCUT2D eigenvalue weighted by atomic mass is 10.0. The maximum Gasteiger partial charge on any atom is 0.416 e. The molecule has 1 aliphatic heterocycles. The van der Waals surface area contributed by atoms with E-state index in [0.29, 0.717) is 0 Å². The zero-order chi connectivity index (χ0) is 16.7. The molecule has 0 atom stereocenters. The van der Waals surface area contributed by atoms with Gasteiger partial charge in [0, 0.05) is 13.1 Å². The predicted octanol–water partition coefficient (Wildman–Crippen LogP) is 2.19. The molecule has 0 aliphatic carbocycles. The van der Waals surface area contributed by atoms with Gasteiger partial charge < -0.3 is 5.32 Å². The van der Waals surface area contributed by atoms with Gasteiger partial charge in [-0.1, -0.05) is 11.6 Å². The highest BCUT2D eigenvalue weighted by atomic mass is 35.5. The van der Waals surface area contributed by atoms with Crippen molar-refractivity contribution in [3.8, 4) is 0 Å². The van der Waals surface area contributed by atoms with Gasteiger partial charge in [0.25, 0.3) is 0 Å². The fourth-order valence-electron chi connectivity index (χ4n) is 1.91. The number of anilines is 1. The molecule has 0 bridgehead atoms. The van der Waals surface area contributed by atoms with Gasteiger partial charge in [-0.15, -0.1) is 0 Å². The molecule has 0 aromatic heterocycles. The Morgan fingerprint density at radius 2 is 1.95 bits per heavy atom. The van der Waals surface area contributed by atoms with Crippen molar-refractivity contribution in [3.05, 3.63) is 28.8 Å². The monoisotopic (exact) mass is 356 g/mol. The van der Waals surface area contributed by atoms with Crippen LogP contribution in [0.3, 0.4) is 0 Å². The number of benzene rings is 1. The third-order valence-electron chi connectivity index (χ3n) is 3.24. The number of rotatable bonds is 3. The molecule has 1 heterocycles. The summed E-state index contributed by atoms with van der Waals surface area (Å²) in [6.45, 7) is 0.00247. The van der Waals surface area contributed by atoms with Crippen LogP contribution in [-0.2, 0) is 21.0 Å². The summed E-state index contributed by atoms with van der Waals surface area (Å²) in [6, 6.07) is 2.60. The number of alkyl halides is 3. The molecule has 10 heteroatoms. The lowest BCUT2D eigenvalue weighted by molar-refractivity contribution is -0.137. The number of carbonyl (C=O) groups is 1. The second-order valence-electron chi connectivity index (χ2n) is 4.96. The molecular formula is C12H12ClF3N2O3S. The summed E-state index contributed by atoms with van der Waals surface area (Å²) < 4.78 is 61.4. The molecule has 1 fully saturated rings. The molecule has 22 heavy (non-hydrogen) atoms. The van der Waals surface area contributed by atoms with Gasteiger partial charge >= 0.3 is 6.18 Å². The molecule has 1 saturated heterocycles. The largest absolute Gasteiger partial charge is 0.416 e. The molecule has 1 aliphatic rings. The van der Waals surface area contributed by atoms with E-state index in [0.717, 1.165) is 28.8 Å². The Kier molecular flexibility index (Phi) is 4.42. The minimum absolute atomic E-state index is 0.00124. The van der Waals surface area contributed by atoms with Crippen molar-refractivity contribution in [1.29, 1.82) is 0 Å². The maximum atomic E-state index is 12.6. The lowest BCUT2D eigenvalue weighted by Crippen LogP contribution is -2.53. The van der Waals surface area contributed by atoms with Crippen molar-refractivity contribution in [2.45, 2.75) is 6.18 Å². The quantitative estimate of drug-likeness (QED) is 0.902. The van der Waals surface area contributed by atoms with Crippen molar-refractivity contribution in [2.75, 3.05) is 24.7 Å². The molecular weight excluding hydrogens is 345 g/mol. The van der Waals surface area contributed by atoms with Gasteiger partial charge in [0.2, 0.25) is 15.9 Å². The van der Waals surface area contributed by atoms with Gasteiger partial charge in [0.05, 0.1) is 28.4 Å². The Balaban J connectivity index is 2.07. The lowest BCUT2D eigenvalue weighted by Gasteiger charge is -2.36. The molecule has 2 rings (SSSR count). The summed E-state index contributed by atoms with van der Waals surface area (Å²) in [5, 5.41) is 2.28. The predicted molar refractivity (Wildman–Crippen MR) is 75.0 cm³/mol. The number of hydrogen-bond donors (Lipinski definition) is 1. The van der Waals surface area contributed by atoms with Gasteiger partial charge in [0.15, 0.2) is 0 Å². The molecule has 1 aromatic carbocycles. The molecule has 1 N–H and O–H groups in total. The zero-order valence-corrected chi connectivity index (χ0v) is 12.9. The van der Waals surface area contributed by atoms with E-state index in [2.05, 4.69) is 5.32 Å². The third kappa shape index (κ3) is 3.71. The van der Waals surface area contributed by atoms with Crippen LogP contribution >= 0.6 is 11.6 Å². The topological polar surface area (TPSA) is 66.5 Å². The van der Waals surface area contributed by atoms with Crippen molar-refractivity contribution in [2.24, 2.45) is 5.92 Å². The smallest absolute Gasteiger partial charge is 0.324 e. The van der Waals surface area contributed by atoms with E-state index >= 15 is 0 Å². The second kappa shape index (κ2) is 5.71. The van der Waals surface area contributed by atoms with E-state index in [1.165, 1.54) is 0 Å². The van der Waals surface area contributed by atoms with Crippen molar-refractivity contribution in [1.82, 2.24) is 4.31 Å².